The third-order valence-electron chi connectivity index (χ3n) is 2.70. The van der Waals surface area contributed by atoms with Crippen molar-refractivity contribution in [1.29, 1.82) is 0 Å². The van der Waals surface area contributed by atoms with Crippen molar-refractivity contribution in [2.45, 2.75) is 26.3 Å². The number of carbonyl (C=O) groups excluding carboxylic acids is 1. The monoisotopic (exact) mass is 238 g/mol. The van der Waals surface area contributed by atoms with E-state index < -0.39 is 0 Å². The van der Waals surface area contributed by atoms with E-state index in [9.17, 15) is 9.18 Å². The fraction of sp³-hybridized carbons (Fsp3) is 0.462. The highest BCUT2D eigenvalue weighted by atomic mass is 19.1. The lowest BCUT2D eigenvalue weighted by Gasteiger charge is -2.11. The molecule has 0 aliphatic carbocycles. The summed E-state index contributed by atoms with van der Waals surface area (Å²) in [5, 5.41) is 2.73. The van der Waals surface area contributed by atoms with Crippen molar-refractivity contribution in [3.05, 3.63) is 35.6 Å². The quantitative estimate of drug-likeness (QED) is 0.794. The average Bonchev–Trinajstić information content (AvgIpc) is 2.34. The summed E-state index contributed by atoms with van der Waals surface area (Å²) in [6, 6.07) is 6.44. The van der Waals surface area contributed by atoms with E-state index >= 15 is 0 Å². The lowest BCUT2D eigenvalue weighted by atomic mass is 10.0. The van der Waals surface area contributed by atoms with E-state index in [-0.39, 0.29) is 24.2 Å². The number of carbonyl (C=O) groups is 1. The molecule has 3 nitrogen and oxygen atoms in total. The largest absolute Gasteiger partial charge is 0.352 e. The molecular formula is C13H19FN2O. The Morgan fingerprint density at radius 2 is 2.18 bits per heavy atom. The summed E-state index contributed by atoms with van der Waals surface area (Å²) in [5.74, 6) is -0.422. The molecule has 17 heavy (non-hydrogen) atoms. The third kappa shape index (κ3) is 4.53. The van der Waals surface area contributed by atoms with Crippen LogP contribution in [-0.4, -0.2) is 12.5 Å². The molecule has 0 saturated carbocycles. The Hall–Kier alpha value is -1.42. The van der Waals surface area contributed by atoms with Crippen LogP contribution >= 0.6 is 0 Å². The molecule has 0 fully saturated rings. The van der Waals surface area contributed by atoms with Crippen molar-refractivity contribution in [1.82, 2.24) is 5.32 Å². The summed E-state index contributed by atoms with van der Waals surface area (Å²) in [7, 11) is 0. The second-order valence-electron chi connectivity index (χ2n) is 4.14. The van der Waals surface area contributed by atoms with Crippen molar-refractivity contribution in [3.63, 3.8) is 0 Å². The first-order valence-electron chi connectivity index (χ1n) is 5.86. The van der Waals surface area contributed by atoms with Crippen LogP contribution in [0.1, 0.15) is 25.3 Å². The maximum absolute atomic E-state index is 13.3. The topological polar surface area (TPSA) is 55.1 Å². The number of hydrogen-bond donors (Lipinski definition) is 2. The molecule has 1 rings (SSSR count). The molecule has 0 aliphatic heterocycles. The number of rotatable bonds is 6. The van der Waals surface area contributed by atoms with E-state index in [1.165, 1.54) is 6.07 Å². The summed E-state index contributed by atoms with van der Waals surface area (Å²) >= 11 is 0. The minimum atomic E-state index is -0.289. The van der Waals surface area contributed by atoms with Gasteiger partial charge >= 0.3 is 0 Å². The molecule has 0 radical (unpaired) electrons. The molecule has 1 amide bonds. The first kappa shape index (κ1) is 13.6. The Balaban J connectivity index is 2.40. The van der Waals surface area contributed by atoms with Crippen LogP contribution < -0.4 is 11.1 Å². The van der Waals surface area contributed by atoms with Crippen molar-refractivity contribution < 1.29 is 9.18 Å². The Bertz CT molecular complexity index is 368. The van der Waals surface area contributed by atoms with Crippen molar-refractivity contribution in [3.8, 4) is 0 Å². The number of nitrogens with one attached hydrogen (secondary N) is 1. The van der Waals surface area contributed by atoms with Crippen molar-refractivity contribution >= 4 is 5.91 Å². The van der Waals surface area contributed by atoms with E-state index in [2.05, 4.69) is 5.32 Å². The normalized spacial score (nSPS) is 12.2. The minimum Gasteiger partial charge on any atom is -0.352 e. The lowest BCUT2D eigenvalue weighted by Crippen LogP contribution is -2.29. The molecular weight excluding hydrogens is 219 g/mol. The van der Waals surface area contributed by atoms with Gasteiger partial charge in [0.15, 0.2) is 0 Å². The van der Waals surface area contributed by atoms with E-state index in [4.69, 9.17) is 5.73 Å². The van der Waals surface area contributed by atoms with Crippen LogP contribution in [0, 0.1) is 11.7 Å². The lowest BCUT2D eigenvalue weighted by molar-refractivity contribution is -0.124. The van der Waals surface area contributed by atoms with Gasteiger partial charge in [0.25, 0.3) is 0 Å². The van der Waals surface area contributed by atoms with Crippen LogP contribution in [0.5, 0.6) is 0 Å². The first-order chi connectivity index (χ1) is 8.15. The van der Waals surface area contributed by atoms with E-state index in [1.54, 1.807) is 18.2 Å². The summed E-state index contributed by atoms with van der Waals surface area (Å²) in [6.45, 7) is 2.68. The van der Waals surface area contributed by atoms with Gasteiger partial charge in [-0.1, -0.05) is 25.1 Å². The molecule has 0 saturated heterocycles. The van der Waals surface area contributed by atoms with Crippen LogP contribution in [0.25, 0.3) is 0 Å². The zero-order valence-corrected chi connectivity index (χ0v) is 10.1. The molecule has 0 aliphatic rings. The molecule has 0 heterocycles. The fourth-order valence-corrected chi connectivity index (χ4v) is 1.55. The van der Waals surface area contributed by atoms with Crippen LogP contribution in [0.3, 0.4) is 0 Å². The molecule has 0 aromatic heterocycles. The highest BCUT2D eigenvalue weighted by Gasteiger charge is 2.12. The van der Waals surface area contributed by atoms with Crippen LogP contribution in [0.2, 0.25) is 0 Å². The van der Waals surface area contributed by atoms with E-state index in [0.717, 1.165) is 12.8 Å². The maximum atomic E-state index is 13.3. The zero-order chi connectivity index (χ0) is 12.7. The van der Waals surface area contributed by atoms with Crippen molar-refractivity contribution in [2.24, 2.45) is 11.7 Å². The third-order valence-corrected chi connectivity index (χ3v) is 2.70. The first-order valence-corrected chi connectivity index (χ1v) is 5.86. The number of nitrogens with two attached hydrogens (primary N) is 1. The second kappa shape index (κ2) is 7.01. The van der Waals surface area contributed by atoms with Crippen molar-refractivity contribution in [2.75, 3.05) is 6.54 Å². The van der Waals surface area contributed by atoms with E-state index in [0.29, 0.717) is 12.1 Å². The van der Waals surface area contributed by atoms with Crippen LogP contribution in [0.4, 0.5) is 4.39 Å². The number of hydrogen-bond acceptors (Lipinski definition) is 2. The molecule has 1 unspecified atom stereocenters. The summed E-state index contributed by atoms with van der Waals surface area (Å²) in [4.78, 5) is 11.7. The maximum Gasteiger partial charge on any atom is 0.223 e. The molecule has 1 aromatic carbocycles. The standard InChI is InChI=1S/C13H19FN2O/c1-10(5-4-8-15)13(17)16-9-11-6-2-3-7-12(11)14/h2-3,6-7,10H,4-5,8-9,15H2,1H3,(H,16,17). The summed E-state index contributed by atoms with van der Waals surface area (Å²) in [6.07, 6.45) is 1.59. The Morgan fingerprint density at radius 1 is 1.47 bits per heavy atom. The van der Waals surface area contributed by atoms with Gasteiger partial charge in [0.2, 0.25) is 5.91 Å². The second-order valence-corrected chi connectivity index (χ2v) is 4.14. The highest BCUT2D eigenvalue weighted by molar-refractivity contribution is 5.78. The van der Waals surface area contributed by atoms with Gasteiger partial charge < -0.3 is 11.1 Å². The average molecular weight is 238 g/mol. The van der Waals surface area contributed by atoms with Crippen LogP contribution in [0.15, 0.2) is 24.3 Å². The molecule has 94 valence electrons. The molecule has 3 N–H and O–H groups in total. The smallest absolute Gasteiger partial charge is 0.223 e. The number of halogens is 1. The summed E-state index contributed by atoms with van der Waals surface area (Å²) < 4.78 is 13.3. The van der Waals surface area contributed by atoms with Gasteiger partial charge in [0.1, 0.15) is 5.82 Å². The zero-order valence-electron chi connectivity index (χ0n) is 10.1. The molecule has 0 spiro atoms. The molecule has 4 heteroatoms. The molecule has 1 atom stereocenters. The minimum absolute atomic E-state index is 0.0540. The van der Waals surface area contributed by atoms with Crippen LogP contribution in [-0.2, 0) is 11.3 Å². The van der Waals surface area contributed by atoms with Gasteiger partial charge in [-0.3, -0.25) is 4.79 Å². The van der Waals surface area contributed by atoms with Gasteiger partial charge in [-0.15, -0.1) is 0 Å². The predicted molar refractivity (Wildman–Crippen MR) is 65.7 cm³/mol. The SMILES string of the molecule is CC(CCCN)C(=O)NCc1ccccc1F. The molecule has 0 bridgehead atoms. The Morgan fingerprint density at radius 3 is 2.82 bits per heavy atom. The van der Waals surface area contributed by atoms with Gasteiger partial charge in [-0.2, -0.15) is 0 Å². The fourth-order valence-electron chi connectivity index (χ4n) is 1.55. The Labute approximate surface area is 101 Å². The number of amides is 1. The Kier molecular flexibility index (Phi) is 5.63. The van der Waals surface area contributed by atoms with Gasteiger partial charge in [0, 0.05) is 18.0 Å². The molecule has 1 aromatic rings. The van der Waals surface area contributed by atoms with Gasteiger partial charge in [0.05, 0.1) is 0 Å². The highest BCUT2D eigenvalue weighted by Crippen LogP contribution is 2.08. The van der Waals surface area contributed by atoms with Gasteiger partial charge in [-0.05, 0) is 25.5 Å². The van der Waals surface area contributed by atoms with E-state index in [1.807, 2.05) is 6.92 Å². The summed E-state index contributed by atoms with van der Waals surface area (Å²) in [5.41, 5.74) is 5.89. The number of benzene rings is 1. The predicted octanol–water partition coefficient (Wildman–Crippen LogP) is 1.82. The van der Waals surface area contributed by atoms with Gasteiger partial charge in [-0.25, -0.2) is 4.39 Å².